The Morgan fingerprint density at radius 2 is 2.28 bits per heavy atom. The zero-order valence-electron chi connectivity index (χ0n) is 10.0. The molecule has 0 aliphatic heterocycles. The zero-order chi connectivity index (χ0) is 12.8. The molecule has 18 heavy (non-hydrogen) atoms. The zero-order valence-corrected chi connectivity index (χ0v) is 10.8. The number of hydrogen-bond acceptors (Lipinski definition) is 5. The Morgan fingerprint density at radius 3 is 3.00 bits per heavy atom. The van der Waals surface area contributed by atoms with E-state index in [1.807, 2.05) is 5.38 Å². The second-order valence-electron chi connectivity index (χ2n) is 3.61. The minimum Gasteiger partial charge on any atom is -0.373 e. The Bertz CT molecular complexity index is 513. The van der Waals surface area contributed by atoms with E-state index in [9.17, 15) is 4.79 Å². The quantitative estimate of drug-likeness (QED) is 0.858. The van der Waals surface area contributed by atoms with Crippen molar-refractivity contribution in [2.75, 3.05) is 18.9 Å². The normalized spacial score (nSPS) is 10.1. The van der Waals surface area contributed by atoms with Crippen molar-refractivity contribution in [3.8, 4) is 0 Å². The Hall–Kier alpha value is -1.95. The number of nitrogens with one attached hydrogen (secondary N) is 2. The molecule has 0 saturated heterocycles. The Kier molecular flexibility index (Phi) is 4.25. The summed E-state index contributed by atoms with van der Waals surface area (Å²) in [4.78, 5) is 20.1. The summed E-state index contributed by atoms with van der Waals surface area (Å²) in [5.41, 5.74) is 0.605. The Labute approximate surface area is 109 Å². The first-order chi connectivity index (χ1) is 8.79. The first kappa shape index (κ1) is 12.5. The number of thiazole rings is 1. The molecule has 0 unspecified atom stereocenters. The third-order valence-electron chi connectivity index (χ3n) is 2.39. The van der Waals surface area contributed by atoms with Crippen molar-refractivity contribution in [3.63, 3.8) is 0 Å². The fraction of sp³-hybridized carbons (Fsp3) is 0.250. The van der Waals surface area contributed by atoms with Gasteiger partial charge in [-0.2, -0.15) is 0 Å². The van der Waals surface area contributed by atoms with Crippen LogP contribution in [0.25, 0.3) is 0 Å². The standard InChI is InChI=1S/C12H14N4OS/c1-13-10-8-9(2-4-14-10)12(17)16-5-3-11-15-6-7-18-11/h2,4,6-8H,3,5H2,1H3,(H,13,14)(H,16,17). The first-order valence-corrected chi connectivity index (χ1v) is 6.48. The van der Waals surface area contributed by atoms with Crippen molar-refractivity contribution in [2.45, 2.75) is 6.42 Å². The number of carbonyl (C=O) groups is 1. The third-order valence-corrected chi connectivity index (χ3v) is 3.23. The molecule has 2 aromatic heterocycles. The van der Waals surface area contributed by atoms with Crippen molar-refractivity contribution in [1.82, 2.24) is 15.3 Å². The van der Waals surface area contributed by atoms with Crippen molar-refractivity contribution < 1.29 is 4.79 Å². The van der Waals surface area contributed by atoms with Crippen LogP contribution in [-0.4, -0.2) is 29.5 Å². The van der Waals surface area contributed by atoms with Gasteiger partial charge in [0.1, 0.15) is 5.82 Å². The Morgan fingerprint density at radius 1 is 1.39 bits per heavy atom. The number of rotatable bonds is 5. The molecule has 0 radical (unpaired) electrons. The van der Waals surface area contributed by atoms with E-state index >= 15 is 0 Å². The van der Waals surface area contributed by atoms with Gasteiger partial charge in [0.05, 0.1) is 5.01 Å². The van der Waals surface area contributed by atoms with Gasteiger partial charge in [0, 0.05) is 43.4 Å². The van der Waals surface area contributed by atoms with E-state index in [0.29, 0.717) is 17.9 Å². The molecule has 0 bridgehead atoms. The molecule has 2 N–H and O–H groups in total. The molecule has 0 aliphatic carbocycles. The number of nitrogens with zero attached hydrogens (tertiary/aromatic N) is 2. The van der Waals surface area contributed by atoms with Crippen LogP contribution in [0.4, 0.5) is 5.82 Å². The van der Waals surface area contributed by atoms with E-state index < -0.39 is 0 Å². The summed E-state index contributed by atoms with van der Waals surface area (Å²) < 4.78 is 0. The average molecular weight is 262 g/mol. The van der Waals surface area contributed by atoms with Crippen LogP contribution in [0.2, 0.25) is 0 Å². The largest absolute Gasteiger partial charge is 0.373 e. The van der Waals surface area contributed by atoms with E-state index in [-0.39, 0.29) is 5.91 Å². The number of pyridine rings is 1. The van der Waals surface area contributed by atoms with Gasteiger partial charge in [-0.25, -0.2) is 9.97 Å². The van der Waals surface area contributed by atoms with Crippen LogP contribution in [-0.2, 0) is 6.42 Å². The fourth-order valence-corrected chi connectivity index (χ4v) is 2.09. The highest BCUT2D eigenvalue weighted by atomic mass is 32.1. The van der Waals surface area contributed by atoms with Gasteiger partial charge in [-0.15, -0.1) is 11.3 Å². The smallest absolute Gasteiger partial charge is 0.251 e. The van der Waals surface area contributed by atoms with E-state index in [1.165, 1.54) is 0 Å². The van der Waals surface area contributed by atoms with E-state index in [1.54, 1.807) is 42.9 Å². The third kappa shape index (κ3) is 3.27. The minimum absolute atomic E-state index is 0.0922. The SMILES string of the molecule is CNc1cc(C(=O)NCCc2nccs2)ccn1. The maximum Gasteiger partial charge on any atom is 0.251 e. The van der Waals surface area contributed by atoms with E-state index in [2.05, 4.69) is 20.6 Å². The predicted octanol–water partition coefficient (Wildman–Crippen LogP) is 1.55. The van der Waals surface area contributed by atoms with Crippen molar-refractivity contribution in [2.24, 2.45) is 0 Å². The number of hydrogen-bond donors (Lipinski definition) is 2. The topological polar surface area (TPSA) is 66.9 Å². The molecule has 0 saturated carbocycles. The summed E-state index contributed by atoms with van der Waals surface area (Å²) in [5, 5.41) is 8.72. The molecule has 0 fully saturated rings. The van der Waals surface area contributed by atoms with Crippen LogP contribution in [0.3, 0.4) is 0 Å². The highest BCUT2D eigenvalue weighted by Crippen LogP contribution is 2.06. The van der Waals surface area contributed by atoms with Crippen LogP contribution >= 0.6 is 11.3 Å². The van der Waals surface area contributed by atoms with Crippen molar-refractivity contribution in [3.05, 3.63) is 40.5 Å². The summed E-state index contributed by atoms with van der Waals surface area (Å²) in [6, 6.07) is 3.41. The number of anilines is 1. The van der Waals surface area contributed by atoms with Gasteiger partial charge >= 0.3 is 0 Å². The number of amides is 1. The van der Waals surface area contributed by atoms with Crippen LogP contribution in [0.5, 0.6) is 0 Å². The molecule has 5 nitrogen and oxygen atoms in total. The molecule has 0 atom stereocenters. The van der Waals surface area contributed by atoms with Crippen LogP contribution in [0.1, 0.15) is 15.4 Å². The van der Waals surface area contributed by atoms with E-state index in [4.69, 9.17) is 0 Å². The summed E-state index contributed by atoms with van der Waals surface area (Å²) in [5.74, 6) is 0.591. The predicted molar refractivity (Wildman–Crippen MR) is 71.9 cm³/mol. The lowest BCUT2D eigenvalue weighted by Gasteiger charge is -2.05. The lowest BCUT2D eigenvalue weighted by molar-refractivity contribution is 0.0954. The molecule has 0 spiro atoms. The molecule has 2 heterocycles. The van der Waals surface area contributed by atoms with Gasteiger partial charge in [0.2, 0.25) is 0 Å². The monoisotopic (exact) mass is 262 g/mol. The maximum atomic E-state index is 11.9. The van der Waals surface area contributed by atoms with Gasteiger partial charge < -0.3 is 10.6 Å². The number of aromatic nitrogens is 2. The summed E-state index contributed by atoms with van der Waals surface area (Å²) in [6.07, 6.45) is 4.14. The first-order valence-electron chi connectivity index (χ1n) is 5.60. The maximum absolute atomic E-state index is 11.9. The lowest BCUT2D eigenvalue weighted by atomic mass is 10.2. The van der Waals surface area contributed by atoms with Crippen LogP contribution in [0.15, 0.2) is 29.9 Å². The van der Waals surface area contributed by atoms with Gasteiger partial charge in [-0.3, -0.25) is 4.79 Å². The van der Waals surface area contributed by atoms with Crippen molar-refractivity contribution in [1.29, 1.82) is 0 Å². The molecule has 2 aromatic rings. The summed E-state index contributed by atoms with van der Waals surface area (Å²) in [7, 11) is 1.77. The van der Waals surface area contributed by atoms with Gasteiger partial charge in [0.25, 0.3) is 5.91 Å². The molecular weight excluding hydrogens is 248 g/mol. The van der Waals surface area contributed by atoms with Crippen LogP contribution in [0, 0.1) is 0 Å². The molecule has 2 rings (SSSR count). The Balaban J connectivity index is 1.87. The number of carbonyl (C=O) groups excluding carboxylic acids is 1. The van der Waals surface area contributed by atoms with Gasteiger partial charge in [0.15, 0.2) is 0 Å². The summed E-state index contributed by atoms with van der Waals surface area (Å²) >= 11 is 1.59. The van der Waals surface area contributed by atoms with Gasteiger partial charge in [-0.1, -0.05) is 0 Å². The average Bonchev–Trinajstić information content (AvgIpc) is 2.92. The van der Waals surface area contributed by atoms with E-state index in [0.717, 1.165) is 11.4 Å². The molecule has 1 amide bonds. The second-order valence-corrected chi connectivity index (χ2v) is 4.59. The minimum atomic E-state index is -0.0922. The van der Waals surface area contributed by atoms with Crippen molar-refractivity contribution >= 4 is 23.1 Å². The summed E-state index contributed by atoms with van der Waals surface area (Å²) in [6.45, 7) is 0.587. The fourth-order valence-electron chi connectivity index (χ4n) is 1.47. The molecule has 0 aromatic carbocycles. The highest BCUT2D eigenvalue weighted by Gasteiger charge is 2.06. The molecular formula is C12H14N4OS. The molecule has 94 valence electrons. The lowest BCUT2D eigenvalue weighted by Crippen LogP contribution is -2.25. The van der Waals surface area contributed by atoms with Gasteiger partial charge in [-0.05, 0) is 12.1 Å². The molecule has 6 heteroatoms. The molecule has 0 aliphatic rings. The second kappa shape index (κ2) is 6.11. The van der Waals surface area contributed by atoms with Crippen LogP contribution < -0.4 is 10.6 Å². The highest BCUT2D eigenvalue weighted by molar-refractivity contribution is 7.09.